The summed E-state index contributed by atoms with van der Waals surface area (Å²) in [5, 5.41) is 149. The molecule has 0 spiro atoms. The minimum atomic E-state index is -5.27. The van der Waals surface area contributed by atoms with Crippen molar-refractivity contribution in [3.05, 3.63) is 11.8 Å². The summed E-state index contributed by atoms with van der Waals surface area (Å²) in [5.41, 5.74) is 0. The van der Waals surface area contributed by atoms with Gasteiger partial charge in [-0.15, -0.1) is 0 Å². The summed E-state index contributed by atoms with van der Waals surface area (Å²) in [6.45, 7) is -3.38. The Labute approximate surface area is 456 Å². The van der Waals surface area contributed by atoms with Gasteiger partial charge >= 0.3 is 32.7 Å². The van der Waals surface area contributed by atoms with Crippen LogP contribution >= 0.6 is 0 Å². The van der Waals surface area contributed by atoms with Crippen LogP contribution in [0.1, 0.15) is 21.3 Å². The normalized spacial score (nSPS) is 43.8. The third-order valence-corrected chi connectivity index (χ3v) is 15.3. The van der Waals surface area contributed by atoms with Gasteiger partial charge in [0.25, 0.3) is 0 Å². The fourth-order valence-electron chi connectivity index (χ4n) is 9.89. The Morgan fingerprint density at radius 2 is 1.02 bits per heavy atom. The lowest BCUT2D eigenvalue weighted by Gasteiger charge is -2.46. The second-order valence-corrected chi connectivity index (χ2v) is 21.7. The first-order valence-corrected chi connectivity index (χ1v) is 27.2. The molecule has 0 aromatic carbocycles. The first-order valence-electron chi connectivity index (χ1n) is 24.4. The number of hydrogen-bond donors (Lipinski definition) is 16. The molecule has 0 aromatic heterocycles. The van der Waals surface area contributed by atoms with Crippen molar-refractivity contribution >= 4 is 32.7 Å². The molecule has 0 saturated carbocycles. The Balaban J connectivity index is 0.0000118. The lowest BCUT2D eigenvalue weighted by molar-refractivity contribution is -0.306. The fourth-order valence-corrected chi connectivity index (χ4v) is 10.9. The Morgan fingerprint density at radius 1 is 0.537 bits per heavy atom. The molecule has 0 aliphatic carbocycles. The molecule has 0 amide bonds. The van der Waals surface area contributed by atoms with Gasteiger partial charge in [-0.25, -0.2) is 18.0 Å². The van der Waals surface area contributed by atoms with Crippen LogP contribution < -0.4 is 0 Å². The van der Waals surface area contributed by atoms with E-state index in [2.05, 4.69) is 8.37 Å². The van der Waals surface area contributed by atoms with E-state index < -0.39 is 256 Å². The predicted octanol–water partition coefficient (Wildman–Crippen LogP) is -8.45. The lowest BCUT2D eigenvalue weighted by Crippen LogP contribution is -2.61. The predicted molar refractivity (Wildman–Crippen MR) is 250 cm³/mol. The average Bonchev–Trinajstić information content (AvgIpc) is 3.37. The molecule has 6 aliphatic rings. The molecule has 0 bridgehead atoms. The largest absolute Gasteiger partial charge is 0.479 e. The van der Waals surface area contributed by atoms with Gasteiger partial charge in [-0.1, -0.05) is 7.43 Å². The number of rotatable bonds is 24. The van der Waals surface area contributed by atoms with Crippen molar-refractivity contribution in [1.82, 2.24) is 0 Å². The van der Waals surface area contributed by atoms with Gasteiger partial charge < -0.3 is 124 Å². The van der Waals surface area contributed by atoms with E-state index in [0.29, 0.717) is 6.08 Å². The van der Waals surface area contributed by atoms with Gasteiger partial charge in [-0.2, -0.15) is 16.8 Å². The molecule has 5 saturated heterocycles. The van der Waals surface area contributed by atoms with Crippen LogP contribution in [0.4, 0.5) is 0 Å². The zero-order valence-electron chi connectivity index (χ0n) is 41.8. The summed E-state index contributed by atoms with van der Waals surface area (Å²) >= 11 is 0. The standard InChI is InChI=1S/C42H68O35S2.CH4/c1-13-25(46)35(76-78(59,60)61)32(53)41(71-13)68-9-16-15(6-66-22(4-43)27(16)48)7-67-40-31(52)29(50)19(34(75-40)38(57)58)8-65-12-24-17(10-69-39-30(51)20(45)3-21(74-39)37(55)56)18(28(49)23(5-44)73-24)11-70-42-33(54)36(77-79(62,63)64)26(47)14(2)72-42;/h3,13-20,22-36,39-54H,4-12H2,1-2H3,(H,55,56)(H,57,58)(H,59,60,61)(H,62,63,64);1H4/t13?,14?,15?,16?,17?,18?,19-,20?,22?,23?,24+,25+,26+,27-,28-,29?,30?,31?,32?,33?,34?,35?,36?,39+,40+,41+,42+;/m0./s1. The summed E-state index contributed by atoms with van der Waals surface area (Å²) in [5.74, 6) is -10.5. The molecule has 16 N–H and O–H groups in total. The Kier molecular flexibility index (Phi) is 24.7. The molecule has 35 nitrogen and oxygen atoms in total. The van der Waals surface area contributed by atoms with Gasteiger partial charge in [0.15, 0.2) is 25.0 Å². The number of hydrogen-bond acceptors (Lipinski definition) is 31. The highest BCUT2D eigenvalue weighted by molar-refractivity contribution is 7.81. The monoisotopic (exact) mass is 1210 g/mol. The Bertz CT molecular complexity index is 2250. The van der Waals surface area contributed by atoms with E-state index in [1.54, 1.807) is 0 Å². The van der Waals surface area contributed by atoms with Crippen molar-refractivity contribution in [3.8, 4) is 0 Å². The van der Waals surface area contributed by atoms with Crippen LogP contribution in [0, 0.1) is 29.6 Å². The second-order valence-electron chi connectivity index (χ2n) is 19.6. The van der Waals surface area contributed by atoms with Gasteiger partial charge in [-0.05, 0) is 19.9 Å². The van der Waals surface area contributed by atoms with Crippen LogP contribution in [0.5, 0.6) is 0 Å². The molecule has 466 valence electrons. The maximum Gasteiger partial charge on any atom is 0.397 e. The topological polar surface area (TPSA) is 546 Å². The van der Waals surface area contributed by atoms with Crippen LogP contribution in [0.15, 0.2) is 11.8 Å². The molecular weight excluding hydrogens is 1140 g/mol. The Hall–Kier alpha value is -2.66. The smallest absolute Gasteiger partial charge is 0.397 e. The van der Waals surface area contributed by atoms with Gasteiger partial charge in [0.2, 0.25) is 12.0 Å². The quantitative estimate of drug-likeness (QED) is 0.0399. The molecular formula is C43H72O35S2. The first-order chi connectivity index (χ1) is 37.0. The van der Waals surface area contributed by atoms with Crippen LogP contribution in [0.25, 0.3) is 0 Å². The number of carboxylic acid groups (broad SMARTS) is 2. The first kappa shape index (κ1) is 68.1. The molecule has 27 atom stereocenters. The van der Waals surface area contributed by atoms with Crippen molar-refractivity contribution in [1.29, 1.82) is 0 Å². The molecule has 6 heterocycles. The van der Waals surface area contributed by atoms with E-state index in [1.165, 1.54) is 13.8 Å². The molecule has 6 rings (SSSR count). The van der Waals surface area contributed by atoms with E-state index in [0.717, 1.165) is 0 Å². The third kappa shape index (κ3) is 16.6. The molecule has 80 heavy (non-hydrogen) atoms. The SMILES string of the molecule is C.CC1O[C@@H](OCC2C(CO[C@@H]3OC(C(=O)O)[C@@H](COC[C@H]4OC(CO)[C@@H](O)C(CO[C@@H]5OC(C)[C@@H](O)C(OS(=O)(=O)O)C5O)C4CO[C@@H]4OC(C(=O)O)=CC(O)C4O)C(O)C3O)COC(CO)[C@H]2O)C(O)C(OS(=O)(=O)O)[C@@H]1O. The maximum absolute atomic E-state index is 12.7. The number of ether oxygens (including phenoxy) is 11. The Morgan fingerprint density at radius 3 is 1.54 bits per heavy atom. The zero-order chi connectivity index (χ0) is 58.6. The van der Waals surface area contributed by atoms with Crippen molar-refractivity contribution in [3.63, 3.8) is 0 Å². The highest BCUT2D eigenvalue weighted by Crippen LogP contribution is 2.37. The highest BCUT2D eigenvalue weighted by Gasteiger charge is 2.53. The summed E-state index contributed by atoms with van der Waals surface area (Å²) in [6, 6.07) is 0. The van der Waals surface area contributed by atoms with Crippen LogP contribution in [0.2, 0.25) is 0 Å². The number of carbonyl (C=O) groups is 2. The molecule has 6 aliphatic heterocycles. The zero-order valence-corrected chi connectivity index (χ0v) is 43.4. The van der Waals surface area contributed by atoms with E-state index in [4.69, 9.17) is 52.1 Å². The number of aliphatic hydroxyl groups excluding tert-OH is 12. The molecule has 5 fully saturated rings. The molecule has 0 aromatic rings. The van der Waals surface area contributed by atoms with Crippen molar-refractivity contribution in [2.75, 3.05) is 59.5 Å². The molecule has 17 unspecified atom stereocenters. The van der Waals surface area contributed by atoms with Crippen molar-refractivity contribution in [2.45, 2.75) is 156 Å². The van der Waals surface area contributed by atoms with E-state index in [-0.39, 0.29) is 14.0 Å². The minimum absolute atomic E-state index is 0. The summed E-state index contributed by atoms with van der Waals surface area (Å²) < 4.78 is 135. The van der Waals surface area contributed by atoms with E-state index in [9.17, 15) is 107 Å². The molecule has 37 heteroatoms. The van der Waals surface area contributed by atoms with E-state index >= 15 is 0 Å². The number of aliphatic carboxylic acids is 2. The summed E-state index contributed by atoms with van der Waals surface area (Å²) in [4.78, 5) is 24.4. The summed E-state index contributed by atoms with van der Waals surface area (Å²) in [7, 11) is -10.5. The van der Waals surface area contributed by atoms with Gasteiger partial charge in [-0.3, -0.25) is 9.11 Å². The van der Waals surface area contributed by atoms with Crippen molar-refractivity contribution < 1.29 is 167 Å². The second kappa shape index (κ2) is 29.0. The minimum Gasteiger partial charge on any atom is -0.479 e. The van der Waals surface area contributed by atoms with Crippen LogP contribution in [-0.2, 0) is 90.9 Å². The summed E-state index contributed by atoms with van der Waals surface area (Å²) in [6.07, 6.45) is -38.3. The lowest BCUT2D eigenvalue weighted by atomic mass is 9.79. The van der Waals surface area contributed by atoms with Gasteiger partial charge in [0, 0.05) is 29.6 Å². The highest BCUT2D eigenvalue weighted by atomic mass is 32.3. The van der Waals surface area contributed by atoms with Gasteiger partial charge in [0.1, 0.15) is 67.1 Å². The number of aliphatic hydroxyl groups is 12. The number of carboxylic acids is 2. The van der Waals surface area contributed by atoms with E-state index in [1.807, 2.05) is 0 Å². The van der Waals surface area contributed by atoms with Crippen LogP contribution in [0.3, 0.4) is 0 Å². The fraction of sp³-hybridized carbons (Fsp3) is 0.907. The molecule has 0 radical (unpaired) electrons. The average molecular weight is 1210 g/mol. The van der Waals surface area contributed by atoms with Crippen LogP contribution in [-0.4, -0.2) is 304 Å². The maximum atomic E-state index is 12.7. The van der Waals surface area contributed by atoms with Crippen molar-refractivity contribution in [2.24, 2.45) is 29.6 Å². The third-order valence-electron chi connectivity index (χ3n) is 14.3. The van der Waals surface area contributed by atoms with Gasteiger partial charge in [0.05, 0.1) is 96.1 Å².